The highest BCUT2D eigenvalue weighted by molar-refractivity contribution is 5.26. The van der Waals surface area contributed by atoms with Gasteiger partial charge in [0.15, 0.2) is 0 Å². The third-order valence-corrected chi connectivity index (χ3v) is 3.21. The van der Waals surface area contributed by atoms with Crippen molar-refractivity contribution in [3.63, 3.8) is 0 Å². The van der Waals surface area contributed by atoms with Crippen molar-refractivity contribution in [3.8, 4) is 0 Å². The maximum absolute atomic E-state index is 12.8. The van der Waals surface area contributed by atoms with E-state index < -0.39 is 0 Å². The normalized spacial score (nSPS) is 12.3. The summed E-state index contributed by atoms with van der Waals surface area (Å²) >= 11 is 0. The van der Waals surface area contributed by atoms with E-state index in [1.54, 1.807) is 13.2 Å². The number of rotatable bonds is 6. The second-order valence-corrected chi connectivity index (χ2v) is 4.71. The summed E-state index contributed by atoms with van der Waals surface area (Å²) < 4.78 is 18.0. The van der Waals surface area contributed by atoms with Crippen molar-refractivity contribution in [2.24, 2.45) is 0 Å². The van der Waals surface area contributed by atoms with E-state index in [4.69, 9.17) is 4.74 Å². The van der Waals surface area contributed by atoms with E-state index in [0.29, 0.717) is 6.61 Å². The van der Waals surface area contributed by atoms with E-state index in [0.717, 1.165) is 12.2 Å². The first kappa shape index (κ1) is 14.6. The SMILES string of the molecule is COCc1ccccc1CNC(C)c1ccc(F)cn1. The predicted octanol–water partition coefficient (Wildman–Crippen LogP) is 3.22. The Kier molecular flexibility index (Phi) is 5.21. The molecule has 106 valence electrons. The summed E-state index contributed by atoms with van der Waals surface area (Å²) in [4.78, 5) is 4.09. The molecule has 1 unspecified atom stereocenters. The Bertz CT molecular complexity index is 542. The number of methoxy groups -OCH3 is 1. The highest BCUT2D eigenvalue weighted by Gasteiger charge is 2.08. The van der Waals surface area contributed by atoms with Crippen LogP contribution in [0.3, 0.4) is 0 Å². The van der Waals surface area contributed by atoms with E-state index in [9.17, 15) is 4.39 Å². The molecular formula is C16H19FN2O. The predicted molar refractivity (Wildman–Crippen MR) is 76.6 cm³/mol. The number of hydrogen-bond acceptors (Lipinski definition) is 3. The maximum Gasteiger partial charge on any atom is 0.141 e. The van der Waals surface area contributed by atoms with Gasteiger partial charge in [0.2, 0.25) is 0 Å². The van der Waals surface area contributed by atoms with E-state index in [1.165, 1.54) is 23.4 Å². The van der Waals surface area contributed by atoms with Crippen LogP contribution in [-0.4, -0.2) is 12.1 Å². The average Bonchev–Trinajstić information content (AvgIpc) is 2.47. The third-order valence-electron chi connectivity index (χ3n) is 3.21. The molecule has 0 bridgehead atoms. The van der Waals surface area contributed by atoms with Crippen molar-refractivity contribution in [3.05, 3.63) is 65.2 Å². The van der Waals surface area contributed by atoms with Crippen LogP contribution in [0.25, 0.3) is 0 Å². The van der Waals surface area contributed by atoms with Crippen LogP contribution < -0.4 is 5.32 Å². The summed E-state index contributed by atoms with van der Waals surface area (Å²) in [6, 6.07) is 11.3. The molecule has 0 aliphatic rings. The van der Waals surface area contributed by atoms with Gasteiger partial charge in [0, 0.05) is 19.7 Å². The molecule has 0 radical (unpaired) electrons. The third kappa shape index (κ3) is 3.85. The van der Waals surface area contributed by atoms with Gasteiger partial charge in [-0.2, -0.15) is 0 Å². The van der Waals surface area contributed by atoms with E-state index >= 15 is 0 Å². The van der Waals surface area contributed by atoms with Gasteiger partial charge in [0.05, 0.1) is 18.5 Å². The molecule has 0 aliphatic carbocycles. The number of ether oxygens (including phenoxy) is 1. The van der Waals surface area contributed by atoms with Gasteiger partial charge in [-0.3, -0.25) is 4.98 Å². The lowest BCUT2D eigenvalue weighted by Crippen LogP contribution is -2.20. The molecule has 1 aromatic heterocycles. The molecule has 0 saturated carbocycles. The summed E-state index contributed by atoms with van der Waals surface area (Å²) in [5.41, 5.74) is 3.20. The number of nitrogens with zero attached hydrogens (tertiary/aromatic N) is 1. The largest absolute Gasteiger partial charge is 0.380 e. The molecule has 1 N–H and O–H groups in total. The van der Waals surface area contributed by atoms with Gasteiger partial charge in [-0.1, -0.05) is 24.3 Å². The fourth-order valence-corrected chi connectivity index (χ4v) is 2.04. The number of nitrogens with one attached hydrogen (secondary N) is 1. The van der Waals surface area contributed by atoms with E-state index in [1.807, 2.05) is 19.1 Å². The van der Waals surface area contributed by atoms with Crippen LogP contribution in [-0.2, 0) is 17.9 Å². The van der Waals surface area contributed by atoms with Gasteiger partial charge in [-0.25, -0.2) is 4.39 Å². The summed E-state index contributed by atoms with van der Waals surface area (Å²) in [7, 11) is 1.69. The van der Waals surface area contributed by atoms with Gasteiger partial charge in [0.25, 0.3) is 0 Å². The van der Waals surface area contributed by atoms with Crippen LogP contribution in [0.2, 0.25) is 0 Å². The molecule has 0 spiro atoms. The molecule has 0 amide bonds. The minimum atomic E-state index is -0.314. The topological polar surface area (TPSA) is 34.1 Å². The first-order valence-electron chi connectivity index (χ1n) is 6.61. The van der Waals surface area contributed by atoms with Crippen LogP contribution >= 0.6 is 0 Å². The van der Waals surface area contributed by atoms with Gasteiger partial charge < -0.3 is 10.1 Å². The zero-order valence-corrected chi connectivity index (χ0v) is 11.8. The Labute approximate surface area is 118 Å². The Morgan fingerprint density at radius 1 is 1.20 bits per heavy atom. The summed E-state index contributed by atoms with van der Waals surface area (Å²) in [5, 5.41) is 3.39. The smallest absolute Gasteiger partial charge is 0.141 e. The molecular weight excluding hydrogens is 255 g/mol. The molecule has 1 atom stereocenters. The van der Waals surface area contributed by atoms with Gasteiger partial charge in [0.1, 0.15) is 5.82 Å². The lowest BCUT2D eigenvalue weighted by Gasteiger charge is -2.15. The fourth-order valence-electron chi connectivity index (χ4n) is 2.04. The van der Waals surface area contributed by atoms with Crippen molar-refractivity contribution >= 4 is 0 Å². The monoisotopic (exact) mass is 274 g/mol. The summed E-state index contributed by atoms with van der Waals surface area (Å²) in [6.07, 6.45) is 1.24. The first-order valence-corrected chi connectivity index (χ1v) is 6.61. The number of aromatic nitrogens is 1. The van der Waals surface area contributed by atoms with Crippen LogP contribution in [0.5, 0.6) is 0 Å². The minimum Gasteiger partial charge on any atom is -0.380 e. The van der Waals surface area contributed by atoms with Crippen LogP contribution in [0.4, 0.5) is 4.39 Å². The van der Waals surface area contributed by atoms with Gasteiger partial charge in [-0.15, -0.1) is 0 Å². The fraction of sp³-hybridized carbons (Fsp3) is 0.312. The molecule has 0 fully saturated rings. The number of halogens is 1. The molecule has 1 heterocycles. The molecule has 20 heavy (non-hydrogen) atoms. The highest BCUT2D eigenvalue weighted by atomic mass is 19.1. The maximum atomic E-state index is 12.8. The van der Waals surface area contributed by atoms with Crippen molar-refractivity contribution in [2.75, 3.05) is 7.11 Å². The number of hydrogen-bond donors (Lipinski definition) is 1. The second kappa shape index (κ2) is 7.12. The van der Waals surface area contributed by atoms with Crippen molar-refractivity contribution < 1.29 is 9.13 Å². The quantitative estimate of drug-likeness (QED) is 0.878. The zero-order chi connectivity index (χ0) is 14.4. The summed E-state index contributed by atoms with van der Waals surface area (Å²) in [6.45, 7) is 3.33. The standard InChI is InChI=1S/C16H19FN2O/c1-12(16-8-7-15(17)10-19-16)18-9-13-5-3-4-6-14(13)11-20-2/h3-8,10,12,18H,9,11H2,1-2H3. The molecule has 2 rings (SSSR count). The Hall–Kier alpha value is -1.78. The lowest BCUT2D eigenvalue weighted by molar-refractivity contribution is 0.184. The Morgan fingerprint density at radius 3 is 2.60 bits per heavy atom. The molecule has 3 nitrogen and oxygen atoms in total. The van der Waals surface area contributed by atoms with E-state index in [2.05, 4.69) is 22.4 Å². The average molecular weight is 274 g/mol. The highest BCUT2D eigenvalue weighted by Crippen LogP contribution is 2.13. The zero-order valence-electron chi connectivity index (χ0n) is 11.8. The van der Waals surface area contributed by atoms with Crippen LogP contribution in [0.15, 0.2) is 42.6 Å². The molecule has 2 aromatic rings. The second-order valence-electron chi connectivity index (χ2n) is 4.71. The Balaban J connectivity index is 1.99. The lowest BCUT2D eigenvalue weighted by atomic mass is 10.1. The Morgan fingerprint density at radius 2 is 1.95 bits per heavy atom. The van der Waals surface area contributed by atoms with Crippen LogP contribution in [0.1, 0.15) is 29.8 Å². The van der Waals surface area contributed by atoms with Crippen molar-refractivity contribution in [1.82, 2.24) is 10.3 Å². The minimum absolute atomic E-state index is 0.0613. The number of benzene rings is 1. The van der Waals surface area contributed by atoms with Crippen LogP contribution in [0, 0.1) is 5.82 Å². The molecule has 1 aromatic carbocycles. The van der Waals surface area contributed by atoms with Crippen molar-refractivity contribution in [2.45, 2.75) is 26.1 Å². The molecule has 0 aliphatic heterocycles. The summed E-state index contributed by atoms with van der Waals surface area (Å²) in [5.74, 6) is -0.314. The van der Waals surface area contributed by atoms with Crippen molar-refractivity contribution in [1.29, 1.82) is 0 Å². The van der Waals surface area contributed by atoms with Gasteiger partial charge >= 0.3 is 0 Å². The van der Waals surface area contributed by atoms with E-state index in [-0.39, 0.29) is 11.9 Å². The molecule has 0 saturated heterocycles. The molecule has 4 heteroatoms. The number of pyridine rings is 1. The first-order chi connectivity index (χ1) is 9.70. The van der Waals surface area contributed by atoms with Gasteiger partial charge in [-0.05, 0) is 30.2 Å².